The van der Waals surface area contributed by atoms with Gasteiger partial charge in [-0.1, -0.05) is 26.8 Å². The number of nitrogens with one attached hydrogen (secondary N) is 2. The lowest BCUT2D eigenvalue weighted by Crippen LogP contribution is -2.30. The molecule has 3 rings (SSSR count). The number of hydrogen-bond acceptors (Lipinski definition) is 6. The van der Waals surface area contributed by atoms with E-state index < -0.39 is 0 Å². The Balaban J connectivity index is 1.84. The zero-order chi connectivity index (χ0) is 24.0. The highest BCUT2D eigenvalue weighted by Gasteiger charge is 2.13. The molecule has 3 aromatic rings. The van der Waals surface area contributed by atoms with Crippen molar-refractivity contribution >= 4 is 16.8 Å². The lowest BCUT2D eigenvalue weighted by molar-refractivity contribution is 0.0364. The van der Waals surface area contributed by atoms with Crippen molar-refractivity contribution in [2.24, 2.45) is 5.41 Å². The average molecular weight is 453 g/mol. The zero-order valence-corrected chi connectivity index (χ0v) is 19.9. The van der Waals surface area contributed by atoms with Crippen molar-refractivity contribution in [3.05, 3.63) is 64.2 Å². The maximum absolute atomic E-state index is 13.3. The minimum absolute atomic E-state index is 0.207. The summed E-state index contributed by atoms with van der Waals surface area (Å²) in [5, 5.41) is 3.81. The molecular weight excluding hydrogens is 420 g/mol. The molecule has 0 spiro atoms. The Labute approximate surface area is 193 Å². The van der Waals surface area contributed by atoms with Gasteiger partial charge >= 0.3 is 0 Å². The number of fused-ring (bicyclic) bond motifs is 1. The summed E-state index contributed by atoms with van der Waals surface area (Å²) in [4.78, 5) is 35.0. The highest BCUT2D eigenvalue weighted by atomic mass is 16.6. The highest BCUT2D eigenvalue weighted by molar-refractivity contribution is 5.94. The molecule has 0 bridgehead atoms. The van der Waals surface area contributed by atoms with Crippen LogP contribution in [0.25, 0.3) is 16.6 Å². The van der Waals surface area contributed by atoms with Crippen LogP contribution in [0.2, 0.25) is 0 Å². The fourth-order valence-corrected chi connectivity index (χ4v) is 3.27. The number of benzene rings is 2. The normalized spacial score (nSPS) is 11.5. The first-order valence-corrected chi connectivity index (χ1v) is 11.1. The number of rotatable bonds is 9. The molecule has 0 unspecified atom stereocenters. The molecule has 1 amide bonds. The second-order valence-electron chi connectivity index (χ2n) is 9.05. The van der Waals surface area contributed by atoms with E-state index in [1.54, 1.807) is 37.3 Å². The molecule has 0 atom stereocenters. The van der Waals surface area contributed by atoms with Gasteiger partial charge in [0.05, 0.1) is 23.2 Å². The molecular formula is C25H32N4O4. The van der Waals surface area contributed by atoms with Gasteiger partial charge in [-0.15, -0.1) is 0 Å². The fraction of sp³-hybridized carbons (Fsp3) is 0.400. The van der Waals surface area contributed by atoms with Crippen molar-refractivity contribution < 1.29 is 14.4 Å². The first-order chi connectivity index (χ1) is 15.7. The molecule has 0 saturated carbocycles. The van der Waals surface area contributed by atoms with E-state index in [4.69, 9.17) is 9.57 Å². The van der Waals surface area contributed by atoms with Crippen molar-refractivity contribution in [3.63, 3.8) is 0 Å². The molecule has 0 saturated heterocycles. The van der Waals surface area contributed by atoms with E-state index in [2.05, 4.69) is 36.6 Å². The van der Waals surface area contributed by atoms with Gasteiger partial charge < -0.3 is 10.1 Å². The molecule has 176 valence electrons. The SMILES string of the molecule is CCONC(=O)c1ccc(C)c(-n2cnc3ccc(OCCNCC(C)(C)C)cc3c2=O)c1. The van der Waals surface area contributed by atoms with E-state index in [0.29, 0.717) is 47.7 Å². The number of carbonyl (C=O) groups is 1. The Morgan fingerprint density at radius 2 is 1.94 bits per heavy atom. The van der Waals surface area contributed by atoms with Gasteiger partial charge in [0.1, 0.15) is 18.7 Å². The molecule has 1 heterocycles. The van der Waals surface area contributed by atoms with Gasteiger partial charge in [0.25, 0.3) is 11.5 Å². The molecule has 1 aromatic heterocycles. The number of aryl methyl sites for hydroxylation is 1. The predicted octanol–water partition coefficient (Wildman–Crippen LogP) is 3.39. The summed E-state index contributed by atoms with van der Waals surface area (Å²) in [7, 11) is 0. The first-order valence-electron chi connectivity index (χ1n) is 11.1. The molecule has 0 aliphatic heterocycles. The first kappa shape index (κ1) is 24.4. The van der Waals surface area contributed by atoms with Crippen molar-refractivity contribution in [2.75, 3.05) is 26.3 Å². The standard InChI is InChI=1S/C25H32N4O4/c1-6-33-28-23(30)18-8-7-17(2)22(13-18)29-16-27-21-10-9-19(14-20(21)24(29)31)32-12-11-26-15-25(3,4)5/h7-10,13-14,16,26H,6,11-12,15H2,1-5H3,(H,28,30). The van der Waals surface area contributed by atoms with E-state index in [9.17, 15) is 9.59 Å². The zero-order valence-electron chi connectivity index (χ0n) is 19.9. The molecule has 8 heteroatoms. The van der Waals surface area contributed by atoms with Crippen LogP contribution in [0.3, 0.4) is 0 Å². The van der Waals surface area contributed by atoms with Crippen LogP contribution in [0, 0.1) is 12.3 Å². The lowest BCUT2D eigenvalue weighted by atomic mass is 9.97. The van der Waals surface area contributed by atoms with E-state index in [1.807, 2.05) is 13.0 Å². The number of ether oxygens (including phenoxy) is 1. The highest BCUT2D eigenvalue weighted by Crippen LogP contribution is 2.19. The molecule has 0 fully saturated rings. The second kappa shape index (κ2) is 10.6. The van der Waals surface area contributed by atoms with Crippen LogP contribution in [0.5, 0.6) is 5.75 Å². The van der Waals surface area contributed by atoms with Crippen LogP contribution < -0.4 is 21.1 Å². The summed E-state index contributed by atoms with van der Waals surface area (Å²) < 4.78 is 7.28. The van der Waals surface area contributed by atoms with Crippen molar-refractivity contribution in [3.8, 4) is 11.4 Å². The molecule has 33 heavy (non-hydrogen) atoms. The van der Waals surface area contributed by atoms with Crippen molar-refractivity contribution in [2.45, 2.75) is 34.6 Å². The summed E-state index contributed by atoms with van der Waals surface area (Å²) in [6.07, 6.45) is 1.48. The average Bonchev–Trinajstić information content (AvgIpc) is 2.77. The molecule has 8 nitrogen and oxygen atoms in total. The Kier molecular flexibility index (Phi) is 7.84. The largest absolute Gasteiger partial charge is 0.492 e. The number of aromatic nitrogens is 2. The third-order valence-corrected chi connectivity index (χ3v) is 4.97. The Morgan fingerprint density at radius 3 is 2.67 bits per heavy atom. The number of amides is 1. The smallest absolute Gasteiger partial charge is 0.274 e. The Morgan fingerprint density at radius 1 is 1.15 bits per heavy atom. The predicted molar refractivity (Wildman–Crippen MR) is 129 cm³/mol. The van der Waals surface area contributed by atoms with Gasteiger partial charge in [-0.2, -0.15) is 0 Å². The monoisotopic (exact) mass is 452 g/mol. The van der Waals surface area contributed by atoms with E-state index in [1.165, 1.54) is 10.9 Å². The summed E-state index contributed by atoms with van der Waals surface area (Å²) >= 11 is 0. The topological polar surface area (TPSA) is 94.5 Å². The summed E-state index contributed by atoms with van der Waals surface area (Å²) in [6.45, 7) is 12.6. The number of hydrogen-bond donors (Lipinski definition) is 2. The van der Waals surface area contributed by atoms with Crippen LogP contribution in [0.4, 0.5) is 0 Å². The van der Waals surface area contributed by atoms with Gasteiger partial charge in [-0.05, 0) is 55.2 Å². The number of nitrogens with zero attached hydrogens (tertiary/aromatic N) is 2. The fourth-order valence-electron chi connectivity index (χ4n) is 3.27. The molecule has 0 radical (unpaired) electrons. The van der Waals surface area contributed by atoms with Crippen LogP contribution in [0.1, 0.15) is 43.6 Å². The summed E-state index contributed by atoms with van der Waals surface area (Å²) in [5.74, 6) is 0.230. The van der Waals surface area contributed by atoms with Gasteiger partial charge in [0, 0.05) is 18.7 Å². The maximum atomic E-state index is 13.3. The summed E-state index contributed by atoms with van der Waals surface area (Å²) in [5.41, 5.74) is 4.73. The Bertz CT molecular complexity index is 1180. The van der Waals surface area contributed by atoms with E-state index >= 15 is 0 Å². The number of hydroxylamine groups is 1. The van der Waals surface area contributed by atoms with Crippen molar-refractivity contribution in [1.82, 2.24) is 20.3 Å². The minimum atomic E-state index is -0.379. The molecule has 0 aliphatic rings. The van der Waals surface area contributed by atoms with Crippen LogP contribution >= 0.6 is 0 Å². The van der Waals surface area contributed by atoms with Gasteiger partial charge in [-0.3, -0.25) is 19.0 Å². The van der Waals surface area contributed by atoms with Crippen LogP contribution in [-0.2, 0) is 4.84 Å². The quantitative estimate of drug-likeness (QED) is 0.382. The van der Waals surface area contributed by atoms with Crippen LogP contribution in [-0.4, -0.2) is 41.8 Å². The minimum Gasteiger partial charge on any atom is -0.492 e. The van der Waals surface area contributed by atoms with Gasteiger partial charge in [0.2, 0.25) is 0 Å². The Hall–Kier alpha value is -3.23. The number of carbonyl (C=O) groups excluding carboxylic acids is 1. The van der Waals surface area contributed by atoms with E-state index in [-0.39, 0.29) is 16.9 Å². The summed E-state index contributed by atoms with van der Waals surface area (Å²) in [6, 6.07) is 10.4. The third-order valence-electron chi connectivity index (χ3n) is 4.97. The second-order valence-corrected chi connectivity index (χ2v) is 9.05. The van der Waals surface area contributed by atoms with Crippen molar-refractivity contribution in [1.29, 1.82) is 0 Å². The lowest BCUT2D eigenvalue weighted by Gasteiger charge is -2.18. The molecule has 0 aliphatic carbocycles. The van der Waals surface area contributed by atoms with Gasteiger partial charge in [-0.25, -0.2) is 10.5 Å². The third kappa shape index (κ3) is 6.40. The molecule has 2 N–H and O–H groups in total. The van der Waals surface area contributed by atoms with Crippen LogP contribution in [0.15, 0.2) is 47.5 Å². The molecule has 2 aromatic carbocycles. The van der Waals surface area contributed by atoms with Gasteiger partial charge in [0.15, 0.2) is 0 Å². The maximum Gasteiger partial charge on any atom is 0.274 e. The van der Waals surface area contributed by atoms with E-state index in [0.717, 1.165) is 12.1 Å².